The van der Waals surface area contributed by atoms with Crippen LogP contribution in [0.5, 0.6) is 11.5 Å². The number of carbonyl (C=O) groups is 1. The number of rotatable bonds is 7. The highest BCUT2D eigenvalue weighted by molar-refractivity contribution is 6.09. The number of fused-ring (bicyclic) bond motifs is 2. The van der Waals surface area contributed by atoms with E-state index in [0.29, 0.717) is 18.1 Å². The fourth-order valence-corrected chi connectivity index (χ4v) is 4.62. The van der Waals surface area contributed by atoms with Crippen molar-refractivity contribution >= 4 is 39.6 Å². The maximum absolute atomic E-state index is 13.1. The molecule has 0 radical (unpaired) electrons. The minimum atomic E-state index is 0.0527. The zero-order chi connectivity index (χ0) is 26.9. The first-order chi connectivity index (χ1) is 18.9. The number of amides is 1. The molecule has 0 bridgehead atoms. The Morgan fingerprint density at radius 2 is 1.95 bits per heavy atom. The molecule has 5 aromatic rings. The van der Waals surface area contributed by atoms with Crippen molar-refractivity contribution < 1.29 is 9.53 Å². The molecule has 0 aliphatic carbocycles. The van der Waals surface area contributed by atoms with Crippen molar-refractivity contribution in [1.29, 1.82) is 0 Å². The average Bonchev–Trinajstić information content (AvgIpc) is 3.55. The molecule has 1 amide bonds. The van der Waals surface area contributed by atoms with Crippen LogP contribution in [0.4, 0.5) is 17.2 Å². The van der Waals surface area contributed by atoms with E-state index < -0.39 is 0 Å². The molecule has 0 atom stereocenters. The SMILES string of the molecule is Cc1cc(Nc2ncnc3ccc(N4CCC(=CCN(C)C)C4=O)cc23)ccc1Oc1ccn2ncnc2c1. The van der Waals surface area contributed by atoms with Crippen LogP contribution in [0, 0.1) is 6.92 Å². The van der Waals surface area contributed by atoms with E-state index in [9.17, 15) is 4.79 Å². The maximum atomic E-state index is 13.1. The Kier molecular flexibility index (Phi) is 6.37. The molecule has 6 rings (SSSR count). The van der Waals surface area contributed by atoms with Crippen LogP contribution in [-0.2, 0) is 4.79 Å². The van der Waals surface area contributed by atoms with E-state index in [1.165, 1.54) is 6.33 Å². The minimum absolute atomic E-state index is 0.0527. The third-order valence-corrected chi connectivity index (χ3v) is 6.68. The second kappa shape index (κ2) is 10.1. The Morgan fingerprint density at radius 1 is 1.05 bits per heavy atom. The predicted molar refractivity (Wildman–Crippen MR) is 151 cm³/mol. The summed E-state index contributed by atoms with van der Waals surface area (Å²) in [7, 11) is 3.99. The molecule has 196 valence electrons. The third-order valence-electron chi connectivity index (χ3n) is 6.68. The highest BCUT2D eigenvalue weighted by Crippen LogP contribution is 2.32. The summed E-state index contributed by atoms with van der Waals surface area (Å²) in [4.78, 5) is 30.1. The maximum Gasteiger partial charge on any atom is 0.253 e. The molecule has 39 heavy (non-hydrogen) atoms. The van der Waals surface area contributed by atoms with Gasteiger partial charge in [-0.15, -0.1) is 0 Å². The third kappa shape index (κ3) is 5.01. The van der Waals surface area contributed by atoms with E-state index >= 15 is 0 Å². The van der Waals surface area contributed by atoms with E-state index in [1.54, 1.807) is 10.8 Å². The molecule has 1 aliphatic heterocycles. The van der Waals surface area contributed by atoms with Crippen LogP contribution in [0.25, 0.3) is 16.6 Å². The van der Waals surface area contributed by atoms with Crippen molar-refractivity contribution in [3.63, 3.8) is 0 Å². The van der Waals surface area contributed by atoms with Gasteiger partial charge in [0.15, 0.2) is 5.65 Å². The van der Waals surface area contributed by atoms with Gasteiger partial charge in [0.25, 0.3) is 5.91 Å². The van der Waals surface area contributed by atoms with Gasteiger partial charge in [-0.25, -0.2) is 19.5 Å². The van der Waals surface area contributed by atoms with Gasteiger partial charge in [-0.1, -0.05) is 6.08 Å². The van der Waals surface area contributed by atoms with Crippen LogP contribution in [0.3, 0.4) is 0 Å². The molecule has 3 aromatic heterocycles. The molecule has 1 aliphatic rings. The summed E-state index contributed by atoms with van der Waals surface area (Å²) in [6, 6.07) is 15.4. The number of likely N-dealkylation sites (N-methyl/N-ethyl adjacent to an activating group) is 1. The van der Waals surface area contributed by atoms with Gasteiger partial charge < -0.3 is 19.9 Å². The molecule has 1 fully saturated rings. The first-order valence-corrected chi connectivity index (χ1v) is 12.7. The summed E-state index contributed by atoms with van der Waals surface area (Å²) in [6.45, 7) is 3.40. The smallest absolute Gasteiger partial charge is 0.253 e. The van der Waals surface area contributed by atoms with Crippen LogP contribution in [-0.4, -0.2) is 62.6 Å². The second-order valence-corrected chi connectivity index (χ2v) is 9.75. The zero-order valence-corrected chi connectivity index (χ0v) is 22.0. The molecular formula is C29H28N8O2. The molecular weight excluding hydrogens is 492 g/mol. The molecule has 4 heterocycles. The van der Waals surface area contributed by atoms with Gasteiger partial charge in [0.05, 0.1) is 5.52 Å². The van der Waals surface area contributed by atoms with Gasteiger partial charge in [0.2, 0.25) is 0 Å². The second-order valence-electron chi connectivity index (χ2n) is 9.75. The molecule has 1 saturated heterocycles. The number of aromatic nitrogens is 5. The standard InChI is InChI=1S/C29H28N8O2/c1-19-14-21(4-7-26(19)39-23-10-13-37-27(16-23)31-18-33-37)34-28-24-15-22(5-6-25(24)30-17-32-28)36-12-9-20(29(36)38)8-11-35(2)3/h4-8,10,13-18H,9,11-12H2,1-3H3,(H,30,32,34). The molecule has 0 saturated carbocycles. The number of aryl methyl sites for hydroxylation is 1. The number of nitrogens with one attached hydrogen (secondary N) is 1. The number of hydrogen-bond acceptors (Lipinski definition) is 8. The Balaban J connectivity index is 1.23. The van der Waals surface area contributed by atoms with Gasteiger partial charge in [-0.2, -0.15) is 5.10 Å². The number of ether oxygens (including phenoxy) is 1. The quantitative estimate of drug-likeness (QED) is 0.307. The first-order valence-electron chi connectivity index (χ1n) is 12.7. The van der Waals surface area contributed by atoms with E-state index in [1.807, 2.05) is 91.6 Å². The summed E-state index contributed by atoms with van der Waals surface area (Å²) in [6.07, 6.45) is 7.62. The van der Waals surface area contributed by atoms with Crippen molar-refractivity contribution in [2.75, 3.05) is 37.4 Å². The van der Waals surface area contributed by atoms with Gasteiger partial charge in [0, 0.05) is 47.7 Å². The van der Waals surface area contributed by atoms with Crippen LogP contribution in [0.1, 0.15) is 12.0 Å². The Labute approximate surface area is 225 Å². The molecule has 10 nitrogen and oxygen atoms in total. The van der Waals surface area contributed by atoms with Crippen molar-refractivity contribution in [2.45, 2.75) is 13.3 Å². The summed E-state index contributed by atoms with van der Waals surface area (Å²) >= 11 is 0. The van der Waals surface area contributed by atoms with Crippen LogP contribution < -0.4 is 15.0 Å². The van der Waals surface area contributed by atoms with Crippen molar-refractivity contribution in [3.05, 3.63) is 84.6 Å². The zero-order valence-electron chi connectivity index (χ0n) is 22.0. The molecule has 0 unspecified atom stereocenters. The van der Waals surface area contributed by atoms with Crippen molar-refractivity contribution in [1.82, 2.24) is 29.5 Å². The lowest BCUT2D eigenvalue weighted by Gasteiger charge is -2.17. The fraction of sp³-hybridized carbons (Fsp3) is 0.207. The van der Waals surface area contributed by atoms with E-state index in [4.69, 9.17) is 4.74 Å². The van der Waals surface area contributed by atoms with Gasteiger partial charge in [0.1, 0.15) is 30.0 Å². The van der Waals surface area contributed by atoms with Crippen LogP contribution in [0.2, 0.25) is 0 Å². The average molecular weight is 521 g/mol. The number of anilines is 3. The number of pyridine rings is 1. The highest BCUT2D eigenvalue weighted by atomic mass is 16.5. The molecule has 10 heteroatoms. The van der Waals surface area contributed by atoms with E-state index in [2.05, 4.69) is 25.4 Å². The lowest BCUT2D eigenvalue weighted by molar-refractivity contribution is -0.114. The largest absolute Gasteiger partial charge is 0.457 e. The monoisotopic (exact) mass is 520 g/mol. The summed E-state index contributed by atoms with van der Waals surface area (Å²) in [5, 5.41) is 8.38. The number of nitrogens with zero attached hydrogens (tertiary/aromatic N) is 7. The van der Waals surface area contributed by atoms with E-state index in [-0.39, 0.29) is 5.91 Å². The summed E-state index contributed by atoms with van der Waals surface area (Å²) in [5.74, 6) is 2.15. The molecule has 0 spiro atoms. The summed E-state index contributed by atoms with van der Waals surface area (Å²) in [5.41, 5.74) is 5.03. The Hall–Kier alpha value is -4.83. The molecule has 1 N–H and O–H groups in total. The van der Waals surface area contributed by atoms with Gasteiger partial charge >= 0.3 is 0 Å². The van der Waals surface area contributed by atoms with Gasteiger partial charge in [-0.05, 0) is 75.5 Å². The normalized spacial score (nSPS) is 14.7. The van der Waals surface area contributed by atoms with Crippen LogP contribution >= 0.6 is 0 Å². The number of carbonyl (C=O) groups excluding carboxylic acids is 1. The van der Waals surface area contributed by atoms with Crippen molar-refractivity contribution in [2.24, 2.45) is 0 Å². The fourth-order valence-electron chi connectivity index (χ4n) is 4.62. The highest BCUT2D eigenvalue weighted by Gasteiger charge is 2.27. The number of benzene rings is 2. The van der Waals surface area contributed by atoms with E-state index in [0.717, 1.165) is 57.8 Å². The summed E-state index contributed by atoms with van der Waals surface area (Å²) < 4.78 is 7.79. The first kappa shape index (κ1) is 24.5. The van der Waals surface area contributed by atoms with Crippen molar-refractivity contribution in [3.8, 4) is 11.5 Å². The topological polar surface area (TPSA) is 101 Å². The lowest BCUT2D eigenvalue weighted by atomic mass is 10.1. The Morgan fingerprint density at radius 3 is 2.79 bits per heavy atom. The predicted octanol–water partition coefficient (Wildman–Crippen LogP) is 4.74. The van der Waals surface area contributed by atoms with Crippen LogP contribution in [0.15, 0.2) is 79.0 Å². The lowest BCUT2D eigenvalue weighted by Crippen LogP contribution is -2.24. The Bertz CT molecular complexity index is 1730. The molecule has 2 aromatic carbocycles. The minimum Gasteiger partial charge on any atom is -0.457 e. The van der Waals surface area contributed by atoms with Gasteiger partial charge in [-0.3, -0.25) is 4.79 Å². The number of hydrogen-bond donors (Lipinski definition) is 1.